The summed E-state index contributed by atoms with van der Waals surface area (Å²) in [7, 11) is 4.06. The first-order valence-electron chi connectivity index (χ1n) is 9.34. The fourth-order valence-corrected chi connectivity index (χ4v) is 5.31. The van der Waals surface area contributed by atoms with Crippen molar-refractivity contribution in [2.45, 2.75) is 63.6 Å². The van der Waals surface area contributed by atoms with Crippen LogP contribution in [0.1, 0.15) is 46.0 Å². The third-order valence-electron chi connectivity index (χ3n) is 6.71. The molecule has 2 bridgehead atoms. The molecule has 5 fully saturated rings. The molecular formula is C18H30N2O4. The SMILES string of the molecule is C[C@@H]1CC[C@H]2CC(=O)N(CCN(C)C)[C@@H]3O[C@@]4(C)CC[C@@H]1[C@@]23OO4. The standard InChI is InChI=1S/C18H30N2O4/c1-12-5-6-13-11-15(21)20(10-9-19(3)4)16-18(13)14(12)7-8-17(2,22-16)23-24-18/h12-14,16H,5-11H2,1-4H3/t12-,13+,14+,16-,17-,18+/m1/s1. The number of ether oxygens (including phenoxy) is 1. The molecule has 0 aromatic heterocycles. The van der Waals surface area contributed by atoms with Crippen molar-refractivity contribution in [2.75, 3.05) is 27.2 Å². The van der Waals surface area contributed by atoms with Crippen molar-refractivity contribution in [1.82, 2.24) is 9.80 Å². The summed E-state index contributed by atoms with van der Waals surface area (Å²) < 4.78 is 6.43. The molecule has 1 spiro atoms. The maximum Gasteiger partial charge on any atom is 0.225 e. The van der Waals surface area contributed by atoms with E-state index < -0.39 is 11.4 Å². The third-order valence-corrected chi connectivity index (χ3v) is 6.71. The highest BCUT2D eigenvalue weighted by atomic mass is 17.3. The number of likely N-dealkylation sites (tertiary alicyclic amines) is 1. The lowest BCUT2D eigenvalue weighted by Crippen LogP contribution is -2.73. The monoisotopic (exact) mass is 338 g/mol. The Morgan fingerprint density at radius 3 is 2.79 bits per heavy atom. The maximum atomic E-state index is 12.9. The topological polar surface area (TPSA) is 51.2 Å². The van der Waals surface area contributed by atoms with E-state index in [1.54, 1.807) is 0 Å². The summed E-state index contributed by atoms with van der Waals surface area (Å²) in [5.74, 6) is 0.617. The Kier molecular flexibility index (Phi) is 3.95. The molecule has 4 aliphatic heterocycles. The van der Waals surface area contributed by atoms with Gasteiger partial charge in [0.25, 0.3) is 0 Å². The molecule has 0 N–H and O–H groups in total. The number of hydrogen-bond acceptors (Lipinski definition) is 5. The van der Waals surface area contributed by atoms with Crippen LogP contribution in [0.5, 0.6) is 0 Å². The lowest BCUT2D eigenvalue weighted by atomic mass is 9.59. The fourth-order valence-electron chi connectivity index (χ4n) is 5.31. The van der Waals surface area contributed by atoms with E-state index in [9.17, 15) is 4.79 Å². The van der Waals surface area contributed by atoms with E-state index in [0.29, 0.717) is 24.8 Å². The van der Waals surface area contributed by atoms with Crippen LogP contribution in [0.4, 0.5) is 0 Å². The van der Waals surface area contributed by atoms with Gasteiger partial charge in [-0.15, -0.1) is 0 Å². The smallest absolute Gasteiger partial charge is 0.225 e. The molecule has 5 rings (SSSR count). The second-order valence-corrected chi connectivity index (χ2v) is 8.62. The van der Waals surface area contributed by atoms with Crippen molar-refractivity contribution >= 4 is 5.91 Å². The Hall–Kier alpha value is -0.690. The average Bonchev–Trinajstić information content (AvgIpc) is 2.75. The molecule has 0 aromatic carbocycles. The number of amides is 1. The van der Waals surface area contributed by atoms with Gasteiger partial charge in [-0.25, -0.2) is 9.78 Å². The van der Waals surface area contributed by atoms with E-state index in [2.05, 4.69) is 11.8 Å². The van der Waals surface area contributed by atoms with E-state index in [1.165, 1.54) is 0 Å². The van der Waals surface area contributed by atoms with Crippen molar-refractivity contribution in [3.8, 4) is 0 Å². The van der Waals surface area contributed by atoms with Gasteiger partial charge in [-0.3, -0.25) is 4.79 Å². The molecule has 6 atom stereocenters. The number of fused-ring (bicyclic) bond motifs is 2. The number of piperidine rings is 1. The van der Waals surface area contributed by atoms with Gasteiger partial charge in [0, 0.05) is 31.8 Å². The summed E-state index contributed by atoms with van der Waals surface area (Å²) in [6.07, 6.45) is 4.28. The Balaban J connectivity index is 1.74. The van der Waals surface area contributed by atoms with Gasteiger partial charge in [0.2, 0.25) is 11.7 Å². The van der Waals surface area contributed by atoms with Gasteiger partial charge in [-0.1, -0.05) is 6.92 Å². The molecule has 1 aliphatic carbocycles. The van der Waals surface area contributed by atoms with Crippen molar-refractivity contribution in [3.63, 3.8) is 0 Å². The number of hydrogen-bond donors (Lipinski definition) is 0. The summed E-state index contributed by atoms with van der Waals surface area (Å²) in [6.45, 7) is 5.76. The predicted molar refractivity (Wildman–Crippen MR) is 87.7 cm³/mol. The highest BCUT2D eigenvalue weighted by molar-refractivity contribution is 5.78. The zero-order valence-electron chi connectivity index (χ0n) is 15.3. The fraction of sp³-hybridized carbons (Fsp3) is 0.944. The van der Waals surface area contributed by atoms with Crippen molar-refractivity contribution in [3.05, 3.63) is 0 Å². The predicted octanol–water partition coefficient (Wildman–Crippen LogP) is 2.00. The molecule has 0 aromatic rings. The lowest BCUT2D eigenvalue weighted by Gasteiger charge is -2.60. The lowest BCUT2D eigenvalue weighted by molar-refractivity contribution is -0.546. The number of carbonyl (C=O) groups excluding carboxylic acids is 1. The van der Waals surface area contributed by atoms with Crippen LogP contribution in [0.15, 0.2) is 0 Å². The van der Waals surface area contributed by atoms with Crippen LogP contribution < -0.4 is 0 Å². The van der Waals surface area contributed by atoms with E-state index in [4.69, 9.17) is 14.5 Å². The molecule has 5 aliphatic rings. The summed E-state index contributed by atoms with van der Waals surface area (Å²) in [6, 6.07) is 0. The van der Waals surface area contributed by atoms with Gasteiger partial charge in [0.05, 0.1) is 0 Å². The maximum absolute atomic E-state index is 12.9. The number of likely N-dealkylation sites (N-methyl/N-ethyl adjacent to an activating group) is 1. The number of nitrogens with zero attached hydrogens (tertiary/aromatic N) is 2. The van der Waals surface area contributed by atoms with Crippen molar-refractivity contribution < 1.29 is 19.3 Å². The van der Waals surface area contributed by atoms with Crippen LogP contribution in [0, 0.1) is 17.8 Å². The molecule has 1 amide bonds. The Labute approximate surface area is 144 Å². The summed E-state index contributed by atoms with van der Waals surface area (Å²) in [4.78, 5) is 28.9. The van der Waals surface area contributed by atoms with Crippen molar-refractivity contribution in [2.24, 2.45) is 17.8 Å². The Morgan fingerprint density at radius 2 is 2.04 bits per heavy atom. The summed E-state index contributed by atoms with van der Waals surface area (Å²) in [5.41, 5.74) is -0.492. The molecule has 24 heavy (non-hydrogen) atoms. The molecule has 136 valence electrons. The van der Waals surface area contributed by atoms with Gasteiger partial charge < -0.3 is 14.5 Å². The molecule has 0 unspecified atom stereocenters. The average molecular weight is 338 g/mol. The molecule has 1 saturated carbocycles. The van der Waals surface area contributed by atoms with Crippen LogP contribution in [-0.4, -0.2) is 60.5 Å². The minimum Gasteiger partial charge on any atom is -0.321 e. The van der Waals surface area contributed by atoms with Crippen molar-refractivity contribution in [1.29, 1.82) is 0 Å². The third kappa shape index (κ3) is 2.34. The van der Waals surface area contributed by atoms with Gasteiger partial charge in [-0.2, -0.15) is 0 Å². The first-order valence-corrected chi connectivity index (χ1v) is 9.34. The molecule has 4 heterocycles. The molecular weight excluding hydrogens is 308 g/mol. The zero-order valence-corrected chi connectivity index (χ0v) is 15.3. The first-order chi connectivity index (χ1) is 11.4. The highest BCUT2D eigenvalue weighted by Gasteiger charge is 2.68. The summed E-state index contributed by atoms with van der Waals surface area (Å²) in [5, 5.41) is 0. The second-order valence-electron chi connectivity index (χ2n) is 8.62. The van der Waals surface area contributed by atoms with E-state index >= 15 is 0 Å². The van der Waals surface area contributed by atoms with Gasteiger partial charge in [0.15, 0.2) is 11.8 Å². The van der Waals surface area contributed by atoms with Crippen LogP contribution in [-0.2, 0) is 19.3 Å². The van der Waals surface area contributed by atoms with Gasteiger partial charge >= 0.3 is 0 Å². The van der Waals surface area contributed by atoms with E-state index in [-0.39, 0.29) is 18.1 Å². The normalized spacial score (nSPS) is 47.7. The molecule has 6 nitrogen and oxygen atoms in total. The quantitative estimate of drug-likeness (QED) is 0.737. The zero-order chi connectivity index (χ0) is 17.1. The van der Waals surface area contributed by atoms with Crippen LogP contribution in [0.25, 0.3) is 0 Å². The summed E-state index contributed by atoms with van der Waals surface area (Å²) >= 11 is 0. The van der Waals surface area contributed by atoms with Gasteiger partial charge in [0.1, 0.15) is 0 Å². The highest BCUT2D eigenvalue weighted by Crippen LogP contribution is 2.59. The second kappa shape index (κ2) is 5.66. The van der Waals surface area contributed by atoms with Crippen LogP contribution in [0.2, 0.25) is 0 Å². The molecule has 0 radical (unpaired) electrons. The van der Waals surface area contributed by atoms with Crippen LogP contribution >= 0.6 is 0 Å². The largest absolute Gasteiger partial charge is 0.321 e. The van der Waals surface area contributed by atoms with E-state index in [1.807, 2.05) is 25.9 Å². The number of carbonyl (C=O) groups is 1. The van der Waals surface area contributed by atoms with Gasteiger partial charge in [-0.05, 0) is 52.1 Å². The minimum atomic E-state index is -0.745. The molecule has 4 saturated heterocycles. The Morgan fingerprint density at radius 1 is 1.25 bits per heavy atom. The van der Waals surface area contributed by atoms with E-state index in [0.717, 1.165) is 32.2 Å². The number of rotatable bonds is 3. The first kappa shape index (κ1) is 16.8. The minimum absolute atomic E-state index is 0.200. The molecule has 6 heteroatoms. The Bertz CT molecular complexity index is 523. The van der Waals surface area contributed by atoms with Crippen LogP contribution in [0.3, 0.4) is 0 Å².